The molecule has 5 nitrogen and oxygen atoms in total. The van der Waals surface area contributed by atoms with Gasteiger partial charge in [-0.05, 0) is 43.2 Å². The Morgan fingerprint density at radius 1 is 1.12 bits per heavy atom. The highest BCUT2D eigenvalue weighted by Gasteiger charge is 2.13. The minimum absolute atomic E-state index is 0.304. The lowest BCUT2D eigenvalue weighted by molar-refractivity contribution is -0.0388. The van der Waals surface area contributed by atoms with Gasteiger partial charge in [0.15, 0.2) is 0 Å². The predicted molar refractivity (Wildman–Crippen MR) is 101 cm³/mol. The maximum atomic E-state index is 6.02. The molecule has 0 atom stereocenters. The zero-order valence-corrected chi connectivity index (χ0v) is 15.2. The van der Waals surface area contributed by atoms with E-state index in [0.717, 1.165) is 48.7 Å². The maximum Gasteiger partial charge on any atom is 0.138 e. The Morgan fingerprint density at radius 3 is 2.73 bits per heavy atom. The van der Waals surface area contributed by atoms with Gasteiger partial charge in [-0.15, -0.1) is 0 Å². The van der Waals surface area contributed by atoms with Gasteiger partial charge in [-0.25, -0.2) is 4.98 Å². The van der Waals surface area contributed by atoms with Crippen LogP contribution in [0.4, 0.5) is 0 Å². The number of aromatic nitrogens is 2. The number of imidazole rings is 1. The molecule has 3 aromatic rings. The van der Waals surface area contributed by atoms with Crippen molar-refractivity contribution in [2.75, 3.05) is 26.4 Å². The monoisotopic (exact) mass is 372 g/mol. The van der Waals surface area contributed by atoms with Crippen LogP contribution in [0.5, 0.6) is 5.75 Å². The molecule has 26 heavy (non-hydrogen) atoms. The number of ether oxygens (including phenoxy) is 3. The average molecular weight is 373 g/mol. The molecular formula is C20H21ClN2O3. The molecule has 0 N–H and O–H groups in total. The van der Waals surface area contributed by atoms with Gasteiger partial charge in [0.1, 0.15) is 18.0 Å². The van der Waals surface area contributed by atoms with Crippen LogP contribution in [0, 0.1) is 0 Å². The van der Waals surface area contributed by atoms with Crippen LogP contribution in [0.2, 0.25) is 5.02 Å². The smallest absolute Gasteiger partial charge is 0.138 e. The first kappa shape index (κ1) is 17.3. The second kappa shape index (κ2) is 8.08. The number of hydrogen-bond acceptors (Lipinski definition) is 4. The van der Waals surface area contributed by atoms with E-state index in [1.54, 1.807) is 0 Å². The first-order chi connectivity index (χ1) is 12.8. The summed E-state index contributed by atoms with van der Waals surface area (Å²) in [6, 6.07) is 11.7. The molecule has 3 heterocycles. The third-order valence-electron chi connectivity index (χ3n) is 4.50. The van der Waals surface area contributed by atoms with Crippen molar-refractivity contribution in [3.63, 3.8) is 0 Å². The molecule has 1 saturated heterocycles. The standard InChI is InChI=1S/C20H21ClN2O3/c21-16-5-8-23-19(14-22-20(23)13-16)15-1-3-17(4-2-15)25-11-12-26-18-6-9-24-10-7-18/h1-5,8,13-14,18H,6-7,9-12H2. The van der Waals surface area contributed by atoms with E-state index in [1.165, 1.54) is 0 Å². The van der Waals surface area contributed by atoms with Crippen LogP contribution < -0.4 is 4.74 Å². The molecule has 1 aliphatic heterocycles. The van der Waals surface area contributed by atoms with Crippen LogP contribution >= 0.6 is 11.6 Å². The SMILES string of the molecule is Clc1ccn2c(-c3ccc(OCCOC4CCOCC4)cc3)cnc2c1. The molecule has 1 aromatic carbocycles. The Labute approximate surface area is 157 Å². The lowest BCUT2D eigenvalue weighted by atomic mass is 10.1. The Morgan fingerprint density at radius 2 is 1.92 bits per heavy atom. The second-order valence-corrected chi connectivity index (χ2v) is 6.71. The molecule has 0 bridgehead atoms. The summed E-state index contributed by atoms with van der Waals surface area (Å²) in [7, 11) is 0. The molecule has 2 aromatic heterocycles. The highest BCUT2D eigenvalue weighted by atomic mass is 35.5. The largest absolute Gasteiger partial charge is 0.491 e. The van der Waals surface area contributed by atoms with Gasteiger partial charge in [-0.2, -0.15) is 0 Å². The quantitative estimate of drug-likeness (QED) is 0.607. The topological polar surface area (TPSA) is 45.0 Å². The van der Waals surface area contributed by atoms with Gasteiger partial charge in [0.05, 0.1) is 24.6 Å². The summed E-state index contributed by atoms with van der Waals surface area (Å²) < 4.78 is 18.9. The molecule has 1 fully saturated rings. The Kier molecular flexibility index (Phi) is 5.39. The Balaban J connectivity index is 1.34. The van der Waals surface area contributed by atoms with Crippen molar-refractivity contribution >= 4 is 17.2 Å². The molecule has 136 valence electrons. The minimum Gasteiger partial charge on any atom is -0.491 e. The fourth-order valence-electron chi connectivity index (χ4n) is 3.11. The van der Waals surface area contributed by atoms with Crippen LogP contribution in [-0.4, -0.2) is 41.9 Å². The van der Waals surface area contributed by atoms with Crippen molar-refractivity contribution in [3.05, 3.63) is 53.8 Å². The molecule has 0 saturated carbocycles. The second-order valence-electron chi connectivity index (χ2n) is 6.27. The number of halogens is 1. The maximum absolute atomic E-state index is 6.02. The van der Waals surface area contributed by atoms with E-state index in [1.807, 2.05) is 53.2 Å². The molecule has 0 aliphatic carbocycles. The molecule has 0 amide bonds. The van der Waals surface area contributed by atoms with Crippen LogP contribution in [0.1, 0.15) is 12.8 Å². The molecular weight excluding hydrogens is 352 g/mol. The summed E-state index contributed by atoms with van der Waals surface area (Å²) in [5.41, 5.74) is 2.93. The van der Waals surface area contributed by atoms with Crippen LogP contribution in [-0.2, 0) is 9.47 Å². The molecule has 0 unspecified atom stereocenters. The van der Waals surface area contributed by atoms with Crippen molar-refractivity contribution in [2.24, 2.45) is 0 Å². The van der Waals surface area contributed by atoms with Gasteiger partial charge in [0.2, 0.25) is 0 Å². The Hall–Kier alpha value is -2.08. The van der Waals surface area contributed by atoms with E-state index in [9.17, 15) is 0 Å². The predicted octanol–water partition coefficient (Wildman–Crippen LogP) is 4.23. The van der Waals surface area contributed by atoms with Gasteiger partial charge in [-0.1, -0.05) is 11.6 Å². The number of fused-ring (bicyclic) bond motifs is 1. The lowest BCUT2D eigenvalue weighted by Gasteiger charge is -2.22. The zero-order valence-electron chi connectivity index (χ0n) is 14.4. The molecule has 0 radical (unpaired) electrons. The fraction of sp³-hybridized carbons (Fsp3) is 0.350. The molecule has 6 heteroatoms. The third kappa shape index (κ3) is 4.01. The van der Waals surface area contributed by atoms with E-state index in [0.29, 0.717) is 24.3 Å². The Bertz CT molecular complexity index is 857. The van der Waals surface area contributed by atoms with Crippen LogP contribution in [0.25, 0.3) is 16.9 Å². The van der Waals surface area contributed by atoms with Crippen molar-refractivity contribution in [1.29, 1.82) is 0 Å². The minimum atomic E-state index is 0.304. The summed E-state index contributed by atoms with van der Waals surface area (Å²) in [5, 5.41) is 0.682. The van der Waals surface area contributed by atoms with Crippen molar-refractivity contribution in [3.8, 4) is 17.0 Å². The van der Waals surface area contributed by atoms with E-state index in [4.69, 9.17) is 25.8 Å². The highest BCUT2D eigenvalue weighted by Crippen LogP contribution is 2.24. The summed E-state index contributed by atoms with van der Waals surface area (Å²) in [4.78, 5) is 4.41. The van der Waals surface area contributed by atoms with Crippen LogP contribution in [0.15, 0.2) is 48.8 Å². The number of nitrogens with zero attached hydrogens (tertiary/aromatic N) is 2. The van der Waals surface area contributed by atoms with Gasteiger partial charge in [-0.3, -0.25) is 4.40 Å². The number of rotatable bonds is 6. The van der Waals surface area contributed by atoms with Gasteiger partial charge < -0.3 is 14.2 Å². The number of benzene rings is 1. The first-order valence-corrected chi connectivity index (χ1v) is 9.22. The van der Waals surface area contributed by atoms with Crippen molar-refractivity contribution in [2.45, 2.75) is 18.9 Å². The normalized spacial score (nSPS) is 15.4. The van der Waals surface area contributed by atoms with Crippen LogP contribution in [0.3, 0.4) is 0 Å². The zero-order chi connectivity index (χ0) is 17.8. The number of pyridine rings is 1. The lowest BCUT2D eigenvalue weighted by Crippen LogP contribution is -2.25. The molecule has 4 rings (SSSR count). The first-order valence-electron chi connectivity index (χ1n) is 8.85. The summed E-state index contributed by atoms with van der Waals surface area (Å²) in [6.45, 7) is 2.73. The summed E-state index contributed by atoms with van der Waals surface area (Å²) in [5.74, 6) is 0.834. The third-order valence-corrected chi connectivity index (χ3v) is 4.73. The summed E-state index contributed by atoms with van der Waals surface area (Å²) >= 11 is 6.02. The van der Waals surface area contributed by atoms with Crippen molar-refractivity contribution < 1.29 is 14.2 Å². The van der Waals surface area contributed by atoms with E-state index >= 15 is 0 Å². The highest BCUT2D eigenvalue weighted by molar-refractivity contribution is 6.30. The fourth-order valence-corrected chi connectivity index (χ4v) is 3.26. The van der Waals surface area contributed by atoms with E-state index in [2.05, 4.69) is 4.98 Å². The molecule has 1 aliphatic rings. The summed E-state index contributed by atoms with van der Waals surface area (Å²) in [6.07, 6.45) is 6.03. The van der Waals surface area contributed by atoms with Gasteiger partial charge >= 0.3 is 0 Å². The van der Waals surface area contributed by atoms with E-state index < -0.39 is 0 Å². The average Bonchev–Trinajstić information content (AvgIpc) is 3.09. The van der Waals surface area contributed by atoms with Crippen molar-refractivity contribution in [1.82, 2.24) is 9.38 Å². The number of hydrogen-bond donors (Lipinski definition) is 0. The molecule has 0 spiro atoms. The van der Waals surface area contributed by atoms with Gasteiger partial charge in [0, 0.05) is 36.1 Å². The van der Waals surface area contributed by atoms with E-state index in [-0.39, 0.29) is 0 Å². The van der Waals surface area contributed by atoms with Gasteiger partial charge in [0.25, 0.3) is 0 Å².